The molecule has 5 nitrogen and oxygen atoms in total. The van der Waals surface area contributed by atoms with Crippen LogP contribution in [0, 0.1) is 0 Å². The number of aryl methyl sites for hydroxylation is 1. The Bertz CT molecular complexity index is 713. The number of pyridine rings is 1. The Kier molecular flexibility index (Phi) is 5.14. The summed E-state index contributed by atoms with van der Waals surface area (Å²) >= 11 is 1.73. The van der Waals surface area contributed by atoms with Crippen LogP contribution in [0.25, 0.3) is 0 Å². The minimum absolute atomic E-state index is 0.0949. The second-order valence-corrected chi connectivity index (χ2v) is 7.31. The van der Waals surface area contributed by atoms with Crippen molar-refractivity contribution < 1.29 is 4.79 Å². The number of aromatic nitrogens is 2. The van der Waals surface area contributed by atoms with Crippen molar-refractivity contribution in [3.63, 3.8) is 0 Å². The van der Waals surface area contributed by atoms with E-state index in [4.69, 9.17) is 4.98 Å². The highest BCUT2D eigenvalue weighted by Crippen LogP contribution is 2.30. The van der Waals surface area contributed by atoms with Crippen molar-refractivity contribution in [2.45, 2.75) is 32.1 Å². The number of nitrogens with zero attached hydrogens (tertiary/aromatic N) is 4. The van der Waals surface area contributed by atoms with E-state index >= 15 is 0 Å². The molecule has 0 radical (unpaired) electrons. The summed E-state index contributed by atoms with van der Waals surface area (Å²) in [5.41, 5.74) is 1.87. The molecule has 0 unspecified atom stereocenters. The fourth-order valence-corrected chi connectivity index (χ4v) is 4.05. The first-order valence-corrected chi connectivity index (χ1v) is 9.33. The minimum Gasteiger partial charge on any atom is -0.363 e. The van der Waals surface area contributed by atoms with Crippen LogP contribution in [0.2, 0.25) is 0 Å². The van der Waals surface area contributed by atoms with Crippen LogP contribution in [0.5, 0.6) is 0 Å². The van der Waals surface area contributed by atoms with Gasteiger partial charge < -0.3 is 9.80 Å². The van der Waals surface area contributed by atoms with Gasteiger partial charge in [-0.15, -0.1) is 11.3 Å². The Morgan fingerprint density at radius 3 is 3.00 bits per heavy atom. The molecule has 1 atom stereocenters. The normalized spacial score (nSPS) is 17.8. The highest BCUT2D eigenvalue weighted by atomic mass is 32.1. The van der Waals surface area contributed by atoms with E-state index in [0.29, 0.717) is 11.5 Å². The van der Waals surface area contributed by atoms with Crippen molar-refractivity contribution in [3.05, 3.63) is 40.0 Å². The summed E-state index contributed by atoms with van der Waals surface area (Å²) in [5.74, 6) is 1.27. The van der Waals surface area contributed by atoms with Crippen molar-refractivity contribution in [2.24, 2.45) is 0 Å². The van der Waals surface area contributed by atoms with Gasteiger partial charge in [-0.05, 0) is 31.4 Å². The first kappa shape index (κ1) is 16.9. The molecule has 24 heavy (non-hydrogen) atoms. The third-order valence-corrected chi connectivity index (χ3v) is 5.50. The Morgan fingerprint density at radius 2 is 2.29 bits per heavy atom. The van der Waals surface area contributed by atoms with Crippen LogP contribution < -0.4 is 4.90 Å². The largest absolute Gasteiger partial charge is 0.363 e. The van der Waals surface area contributed by atoms with Crippen molar-refractivity contribution in [1.82, 2.24) is 14.9 Å². The summed E-state index contributed by atoms with van der Waals surface area (Å²) in [6.07, 6.45) is 4.82. The third-order valence-electron chi connectivity index (χ3n) is 4.44. The molecule has 2 aromatic heterocycles. The van der Waals surface area contributed by atoms with Crippen molar-refractivity contribution in [3.8, 4) is 0 Å². The van der Waals surface area contributed by atoms with Crippen LogP contribution in [0.15, 0.2) is 23.7 Å². The standard InChI is InChI=1S/C18H24N4OS/c1-4-15-12-24-17(20-15)14-6-5-9-22(11-14)18(23)13-7-8-19-16(10-13)21(2)3/h7-8,10,12,14H,4-6,9,11H2,1-3H3/t14-/m0/s1. The molecule has 128 valence electrons. The number of hydrogen-bond acceptors (Lipinski definition) is 5. The lowest BCUT2D eigenvalue weighted by Gasteiger charge is -2.32. The molecule has 3 rings (SSSR count). The summed E-state index contributed by atoms with van der Waals surface area (Å²) in [4.78, 5) is 25.8. The molecule has 2 aromatic rings. The topological polar surface area (TPSA) is 49.3 Å². The predicted octanol–water partition coefficient (Wildman–Crippen LogP) is 3.19. The summed E-state index contributed by atoms with van der Waals surface area (Å²) in [5, 5.41) is 3.32. The van der Waals surface area contributed by atoms with E-state index in [-0.39, 0.29) is 5.91 Å². The van der Waals surface area contributed by atoms with Gasteiger partial charge in [-0.1, -0.05) is 6.92 Å². The van der Waals surface area contributed by atoms with Gasteiger partial charge in [-0.25, -0.2) is 9.97 Å². The van der Waals surface area contributed by atoms with Gasteiger partial charge in [-0.2, -0.15) is 0 Å². The van der Waals surface area contributed by atoms with Gasteiger partial charge in [0, 0.05) is 50.2 Å². The molecule has 1 fully saturated rings. The van der Waals surface area contributed by atoms with Gasteiger partial charge in [-0.3, -0.25) is 4.79 Å². The number of likely N-dealkylation sites (tertiary alicyclic amines) is 1. The Hall–Kier alpha value is -1.95. The van der Waals surface area contributed by atoms with Crippen molar-refractivity contribution >= 4 is 23.1 Å². The Balaban J connectivity index is 1.74. The lowest BCUT2D eigenvalue weighted by molar-refractivity contribution is 0.0707. The van der Waals surface area contributed by atoms with E-state index in [1.807, 2.05) is 30.0 Å². The molecule has 6 heteroatoms. The molecule has 0 bridgehead atoms. The van der Waals surface area contributed by atoms with Crippen LogP contribution in [-0.4, -0.2) is 48.0 Å². The lowest BCUT2D eigenvalue weighted by Crippen LogP contribution is -2.39. The molecule has 0 N–H and O–H groups in total. The molecule has 0 aromatic carbocycles. The van der Waals surface area contributed by atoms with E-state index < -0.39 is 0 Å². The summed E-state index contributed by atoms with van der Waals surface area (Å²) in [6, 6.07) is 3.67. The molecule has 1 aliphatic rings. The predicted molar refractivity (Wildman–Crippen MR) is 97.9 cm³/mol. The van der Waals surface area contributed by atoms with Crippen LogP contribution >= 0.6 is 11.3 Å². The number of rotatable bonds is 4. The first-order valence-electron chi connectivity index (χ1n) is 8.45. The average molecular weight is 344 g/mol. The summed E-state index contributed by atoms with van der Waals surface area (Å²) < 4.78 is 0. The zero-order valence-electron chi connectivity index (χ0n) is 14.5. The molecule has 0 spiro atoms. The SMILES string of the molecule is CCc1csc([C@H]2CCCN(C(=O)c3ccnc(N(C)C)c3)C2)n1. The molecule has 0 aliphatic carbocycles. The zero-order chi connectivity index (χ0) is 17.1. The number of hydrogen-bond donors (Lipinski definition) is 0. The van der Waals surface area contributed by atoms with Gasteiger partial charge in [0.2, 0.25) is 0 Å². The van der Waals surface area contributed by atoms with Crippen LogP contribution in [0.1, 0.15) is 46.7 Å². The van der Waals surface area contributed by atoms with Gasteiger partial charge in [0.05, 0.1) is 10.7 Å². The first-order chi connectivity index (χ1) is 11.6. The van der Waals surface area contributed by atoms with Gasteiger partial charge >= 0.3 is 0 Å². The third kappa shape index (κ3) is 3.59. The van der Waals surface area contributed by atoms with Crippen LogP contribution in [0.4, 0.5) is 5.82 Å². The number of piperidine rings is 1. The van der Waals surface area contributed by atoms with E-state index in [2.05, 4.69) is 17.3 Å². The van der Waals surface area contributed by atoms with Crippen molar-refractivity contribution in [1.29, 1.82) is 0 Å². The van der Waals surface area contributed by atoms with Gasteiger partial charge in [0.25, 0.3) is 5.91 Å². The van der Waals surface area contributed by atoms with E-state index in [1.54, 1.807) is 23.6 Å². The second kappa shape index (κ2) is 7.30. The molecular formula is C18H24N4OS. The number of carbonyl (C=O) groups is 1. The fourth-order valence-electron chi connectivity index (χ4n) is 3.01. The number of thiazole rings is 1. The molecule has 0 saturated carbocycles. The summed E-state index contributed by atoms with van der Waals surface area (Å²) in [6.45, 7) is 3.71. The zero-order valence-corrected chi connectivity index (χ0v) is 15.3. The van der Waals surface area contributed by atoms with Gasteiger partial charge in [0.15, 0.2) is 0 Å². The van der Waals surface area contributed by atoms with E-state index in [1.165, 1.54) is 5.01 Å². The van der Waals surface area contributed by atoms with Crippen LogP contribution in [-0.2, 0) is 6.42 Å². The maximum Gasteiger partial charge on any atom is 0.254 e. The van der Waals surface area contributed by atoms with Crippen molar-refractivity contribution in [2.75, 3.05) is 32.1 Å². The highest BCUT2D eigenvalue weighted by molar-refractivity contribution is 7.09. The summed E-state index contributed by atoms with van der Waals surface area (Å²) in [7, 11) is 3.86. The second-order valence-electron chi connectivity index (χ2n) is 6.42. The number of carbonyl (C=O) groups excluding carboxylic acids is 1. The number of amides is 1. The van der Waals surface area contributed by atoms with Crippen LogP contribution in [0.3, 0.4) is 0 Å². The average Bonchev–Trinajstić information content (AvgIpc) is 3.10. The quantitative estimate of drug-likeness (QED) is 0.855. The minimum atomic E-state index is 0.0949. The monoisotopic (exact) mass is 344 g/mol. The molecule has 3 heterocycles. The maximum absolute atomic E-state index is 12.9. The fraction of sp³-hybridized carbons (Fsp3) is 0.500. The molecule has 1 saturated heterocycles. The number of anilines is 1. The molecular weight excluding hydrogens is 320 g/mol. The Labute approximate surface area is 147 Å². The Morgan fingerprint density at radius 1 is 1.46 bits per heavy atom. The maximum atomic E-state index is 12.9. The van der Waals surface area contributed by atoms with Gasteiger partial charge in [0.1, 0.15) is 5.82 Å². The molecule has 1 amide bonds. The highest BCUT2D eigenvalue weighted by Gasteiger charge is 2.27. The van der Waals surface area contributed by atoms with E-state index in [0.717, 1.165) is 43.9 Å². The van der Waals surface area contributed by atoms with E-state index in [9.17, 15) is 4.79 Å². The lowest BCUT2D eigenvalue weighted by atomic mass is 9.98. The smallest absolute Gasteiger partial charge is 0.254 e. The molecule has 1 aliphatic heterocycles.